The van der Waals surface area contributed by atoms with Gasteiger partial charge in [-0.1, -0.05) is 18.2 Å². The predicted octanol–water partition coefficient (Wildman–Crippen LogP) is 0.717. The average molecular weight is 304 g/mol. The van der Waals surface area contributed by atoms with Crippen molar-refractivity contribution in [1.29, 1.82) is 0 Å². The molecule has 2 amide bonds. The fraction of sp³-hybridized carbons (Fsp3) is 0. The molecule has 0 spiro atoms. The maximum atomic E-state index is 12.6. The standard InChI is InChI=1S/C14H12N2O4S/c15-13(17)9-6-7-11(14(16)18)12(8-9)21(19,20)10-4-2-1-3-5-10/h1-8H,(H2,15,17)(H2,16,18). The topological polar surface area (TPSA) is 120 Å². The highest BCUT2D eigenvalue weighted by Crippen LogP contribution is 2.25. The molecule has 0 aromatic heterocycles. The van der Waals surface area contributed by atoms with Crippen molar-refractivity contribution in [3.63, 3.8) is 0 Å². The smallest absolute Gasteiger partial charge is 0.250 e. The number of hydrogen-bond donors (Lipinski definition) is 2. The summed E-state index contributed by atoms with van der Waals surface area (Å²) in [4.78, 5) is 22.3. The molecule has 108 valence electrons. The number of primary amides is 2. The van der Waals surface area contributed by atoms with Crippen molar-refractivity contribution in [2.24, 2.45) is 11.5 Å². The fourth-order valence-corrected chi connectivity index (χ4v) is 3.34. The van der Waals surface area contributed by atoms with Gasteiger partial charge in [0.15, 0.2) is 0 Å². The van der Waals surface area contributed by atoms with Crippen molar-refractivity contribution in [3.05, 3.63) is 59.7 Å². The Morgan fingerprint density at radius 1 is 0.857 bits per heavy atom. The van der Waals surface area contributed by atoms with E-state index in [2.05, 4.69) is 0 Å². The maximum Gasteiger partial charge on any atom is 0.250 e. The van der Waals surface area contributed by atoms with E-state index in [-0.39, 0.29) is 20.9 Å². The molecule has 2 rings (SSSR count). The van der Waals surface area contributed by atoms with Crippen molar-refractivity contribution in [1.82, 2.24) is 0 Å². The van der Waals surface area contributed by atoms with Crippen LogP contribution in [0.25, 0.3) is 0 Å². The van der Waals surface area contributed by atoms with Gasteiger partial charge >= 0.3 is 0 Å². The second-order valence-corrected chi connectivity index (χ2v) is 6.17. The first-order valence-electron chi connectivity index (χ1n) is 5.88. The van der Waals surface area contributed by atoms with Gasteiger partial charge in [-0.2, -0.15) is 0 Å². The summed E-state index contributed by atoms with van der Waals surface area (Å²) in [6.07, 6.45) is 0. The Hall–Kier alpha value is -2.67. The van der Waals surface area contributed by atoms with Crippen LogP contribution >= 0.6 is 0 Å². The Morgan fingerprint density at radius 2 is 1.48 bits per heavy atom. The second-order valence-electron chi connectivity index (χ2n) is 4.26. The summed E-state index contributed by atoms with van der Waals surface area (Å²) in [5, 5.41) is 0. The third kappa shape index (κ3) is 2.77. The highest BCUT2D eigenvalue weighted by molar-refractivity contribution is 7.91. The van der Waals surface area contributed by atoms with Gasteiger partial charge in [0.1, 0.15) is 0 Å². The lowest BCUT2D eigenvalue weighted by Gasteiger charge is -2.09. The molecule has 0 bridgehead atoms. The first kappa shape index (κ1) is 14.7. The van der Waals surface area contributed by atoms with E-state index < -0.39 is 21.7 Å². The molecule has 0 aliphatic carbocycles. The van der Waals surface area contributed by atoms with Gasteiger partial charge in [-0.25, -0.2) is 8.42 Å². The van der Waals surface area contributed by atoms with Crippen molar-refractivity contribution in [2.75, 3.05) is 0 Å². The van der Waals surface area contributed by atoms with Crippen LogP contribution in [0.2, 0.25) is 0 Å². The summed E-state index contributed by atoms with van der Waals surface area (Å²) >= 11 is 0. The summed E-state index contributed by atoms with van der Waals surface area (Å²) in [6.45, 7) is 0. The third-order valence-corrected chi connectivity index (χ3v) is 4.68. The van der Waals surface area contributed by atoms with Gasteiger partial charge in [-0.05, 0) is 30.3 Å². The van der Waals surface area contributed by atoms with Crippen LogP contribution in [0.1, 0.15) is 20.7 Å². The van der Waals surface area contributed by atoms with Crippen LogP contribution in [0.4, 0.5) is 0 Å². The number of amides is 2. The van der Waals surface area contributed by atoms with Gasteiger partial charge in [0.05, 0.1) is 15.4 Å². The minimum Gasteiger partial charge on any atom is -0.366 e. The van der Waals surface area contributed by atoms with Crippen LogP contribution in [0, 0.1) is 0 Å². The van der Waals surface area contributed by atoms with Crippen molar-refractivity contribution in [3.8, 4) is 0 Å². The van der Waals surface area contributed by atoms with Gasteiger partial charge in [-0.3, -0.25) is 9.59 Å². The van der Waals surface area contributed by atoms with E-state index >= 15 is 0 Å². The van der Waals surface area contributed by atoms with Crippen LogP contribution in [0.3, 0.4) is 0 Å². The predicted molar refractivity (Wildman–Crippen MR) is 75.4 cm³/mol. The zero-order valence-electron chi connectivity index (χ0n) is 10.8. The summed E-state index contributed by atoms with van der Waals surface area (Å²) in [6, 6.07) is 11.0. The lowest BCUT2D eigenvalue weighted by molar-refractivity contribution is 0.0986. The highest BCUT2D eigenvalue weighted by Gasteiger charge is 2.24. The molecule has 0 aliphatic heterocycles. The first-order valence-corrected chi connectivity index (χ1v) is 7.36. The van der Waals surface area contributed by atoms with Crippen molar-refractivity contribution in [2.45, 2.75) is 9.79 Å². The fourth-order valence-electron chi connectivity index (χ4n) is 1.83. The molecule has 0 atom stereocenters. The molecule has 7 heteroatoms. The molecular formula is C14H12N2O4S. The van der Waals surface area contributed by atoms with Crippen LogP contribution in [-0.2, 0) is 9.84 Å². The highest BCUT2D eigenvalue weighted by atomic mass is 32.2. The molecule has 0 fully saturated rings. The molecule has 4 N–H and O–H groups in total. The average Bonchev–Trinajstić information content (AvgIpc) is 2.47. The minimum atomic E-state index is -3.98. The number of rotatable bonds is 4. The van der Waals surface area contributed by atoms with E-state index in [0.29, 0.717) is 0 Å². The Labute approximate surface area is 121 Å². The van der Waals surface area contributed by atoms with E-state index in [1.165, 1.54) is 24.3 Å². The first-order chi connectivity index (χ1) is 9.84. The van der Waals surface area contributed by atoms with Gasteiger partial charge < -0.3 is 11.5 Å². The van der Waals surface area contributed by atoms with Gasteiger partial charge in [-0.15, -0.1) is 0 Å². The van der Waals surface area contributed by atoms with Gasteiger partial charge in [0.2, 0.25) is 21.7 Å². The SMILES string of the molecule is NC(=O)c1ccc(C(N)=O)c(S(=O)(=O)c2ccccc2)c1. The number of hydrogen-bond acceptors (Lipinski definition) is 4. The van der Waals surface area contributed by atoms with E-state index in [9.17, 15) is 18.0 Å². The number of sulfone groups is 1. The van der Waals surface area contributed by atoms with Gasteiger partial charge in [0, 0.05) is 5.56 Å². The van der Waals surface area contributed by atoms with Crippen LogP contribution < -0.4 is 11.5 Å². The molecule has 0 heterocycles. The largest absolute Gasteiger partial charge is 0.366 e. The summed E-state index contributed by atoms with van der Waals surface area (Å²) in [5.41, 5.74) is 10.1. The van der Waals surface area contributed by atoms with E-state index in [1.807, 2.05) is 0 Å². The molecule has 0 radical (unpaired) electrons. The molecule has 2 aromatic rings. The summed E-state index contributed by atoms with van der Waals surface area (Å²) in [5.74, 6) is -1.70. The molecule has 6 nitrogen and oxygen atoms in total. The quantitative estimate of drug-likeness (QED) is 0.864. The Kier molecular flexibility index (Phi) is 3.77. The molecule has 21 heavy (non-hydrogen) atoms. The van der Waals surface area contributed by atoms with Crippen molar-refractivity contribution >= 4 is 21.7 Å². The van der Waals surface area contributed by atoms with Crippen LogP contribution in [0.5, 0.6) is 0 Å². The normalized spacial score (nSPS) is 11.0. The molecule has 0 saturated carbocycles. The molecule has 0 aliphatic rings. The Morgan fingerprint density at radius 3 is 2.00 bits per heavy atom. The lowest BCUT2D eigenvalue weighted by Crippen LogP contribution is -2.19. The van der Waals surface area contributed by atoms with E-state index in [1.54, 1.807) is 18.2 Å². The molecular weight excluding hydrogens is 292 g/mol. The van der Waals surface area contributed by atoms with Crippen LogP contribution in [-0.4, -0.2) is 20.2 Å². The number of nitrogens with two attached hydrogens (primary N) is 2. The molecule has 0 unspecified atom stereocenters. The second kappa shape index (κ2) is 5.37. The Balaban J connectivity index is 2.74. The summed E-state index contributed by atoms with van der Waals surface area (Å²) in [7, 11) is -3.98. The van der Waals surface area contributed by atoms with Crippen molar-refractivity contribution < 1.29 is 18.0 Å². The number of benzene rings is 2. The monoisotopic (exact) mass is 304 g/mol. The lowest BCUT2D eigenvalue weighted by atomic mass is 10.1. The maximum absolute atomic E-state index is 12.6. The van der Waals surface area contributed by atoms with E-state index in [4.69, 9.17) is 11.5 Å². The zero-order valence-corrected chi connectivity index (χ0v) is 11.6. The van der Waals surface area contributed by atoms with Crippen LogP contribution in [0.15, 0.2) is 58.3 Å². The third-order valence-electron chi connectivity index (χ3n) is 2.87. The molecule has 2 aromatic carbocycles. The number of carbonyl (C=O) groups is 2. The van der Waals surface area contributed by atoms with Gasteiger partial charge in [0.25, 0.3) is 0 Å². The minimum absolute atomic E-state index is 0.00544. The number of carbonyl (C=O) groups excluding carboxylic acids is 2. The summed E-state index contributed by atoms with van der Waals surface area (Å²) < 4.78 is 25.1. The van der Waals surface area contributed by atoms with E-state index in [0.717, 1.165) is 6.07 Å². The zero-order chi connectivity index (χ0) is 15.6. The molecule has 0 saturated heterocycles. The Bertz CT molecular complexity index is 814.